The van der Waals surface area contributed by atoms with E-state index in [1.54, 1.807) is 0 Å². The predicted octanol–water partition coefficient (Wildman–Crippen LogP) is 2.74. The number of nitrogens with zero attached hydrogens (tertiary/aromatic N) is 3. The highest BCUT2D eigenvalue weighted by Gasteiger charge is 2.18. The molecule has 2 aromatic rings. The van der Waals surface area contributed by atoms with Gasteiger partial charge in [-0.05, 0) is 25.1 Å². The Balaban J connectivity index is 1.50. The van der Waals surface area contributed by atoms with Gasteiger partial charge in [-0.3, -0.25) is 10.00 Å². The summed E-state index contributed by atoms with van der Waals surface area (Å²) in [4.78, 5) is 4.87. The van der Waals surface area contributed by atoms with Gasteiger partial charge in [0, 0.05) is 44.8 Å². The van der Waals surface area contributed by atoms with Crippen molar-refractivity contribution in [2.75, 3.05) is 37.6 Å². The third-order valence-corrected chi connectivity index (χ3v) is 4.33. The molecule has 0 atom stereocenters. The number of aromatic amines is 1. The number of hydrogen-bond acceptors (Lipinski definition) is 3. The molecule has 1 aromatic heterocycles. The van der Waals surface area contributed by atoms with Crippen molar-refractivity contribution < 1.29 is 0 Å². The van der Waals surface area contributed by atoms with Gasteiger partial charge in [0.1, 0.15) is 0 Å². The van der Waals surface area contributed by atoms with Gasteiger partial charge in [-0.15, -0.1) is 0 Å². The Labute approximate surface area is 130 Å². The molecule has 1 N–H and O–H groups in total. The molecule has 0 amide bonds. The van der Waals surface area contributed by atoms with Crippen LogP contribution in [0.5, 0.6) is 0 Å². The van der Waals surface area contributed by atoms with Gasteiger partial charge in [0.2, 0.25) is 0 Å². The summed E-state index contributed by atoms with van der Waals surface area (Å²) < 4.78 is 0. The Kier molecular flexibility index (Phi) is 4.46. The van der Waals surface area contributed by atoms with Crippen LogP contribution in [0.3, 0.4) is 0 Å². The first-order chi connectivity index (χ1) is 10.2. The van der Waals surface area contributed by atoms with E-state index in [0.717, 1.165) is 61.2 Å². The highest BCUT2D eigenvalue weighted by Crippen LogP contribution is 2.25. The van der Waals surface area contributed by atoms with Crippen molar-refractivity contribution in [3.8, 4) is 0 Å². The van der Waals surface area contributed by atoms with Gasteiger partial charge in [0.25, 0.3) is 0 Å². The second-order valence-corrected chi connectivity index (χ2v) is 5.98. The Morgan fingerprint density at radius 3 is 2.62 bits per heavy atom. The monoisotopic (exact) mass is 304 g/mol. The predicted molar refractivity (Wildman–Crippen MR) is 87.1 cm³/mol. The third kappa shape index (κ3) is 3.57. The standard InChI is InChI=1S/C16H21ClN4/c1-13-12-14(19-18-13)6-7-20-8-10-21(11-9-20)16-5-3-2-4-15(16)17/h2-5,12H,6-11H2,1H3,(H,18,19). The molecule has 21 heavy (non-hydrogen) atoms. The molecule has 2 heterocycles. The van der Waals surface area contributed by atoms with Crippen LogP contribution in [-0.2, 0) is 6.42 Å². The number of halogens is 1. The first-order valence-corrected chi connectivity index (χ1v) is 7.83. The Morgan fingerprint density at radius 1 is 1.19 bits per heavy atom. The lowest BCUT2D eigenvalue weighted by Crippen LogP contribution is -2.47. The lowest BCUT2D eigenvalue weighted by molar-refractivity contribution is 0.260. The van der Waals surface area contributed by atoms with Crippen LogP contribution in [0.25, 0.3) is 0 Å². The van der Waals surface area contributed by atoms with E-state index in [-0.39, 0.29) is 0 Å². The van der Waals surface area contributed by atoms with Crippen LogP contribution in [0.4, 0.5) is 5.69 Å². The number of aromatic nitrogens is 2. The molecule has 1 aliphatic heterocycles. The highest BCUT2D eigenvalue weighted by atomic mass is 35.5. The second-order valence-electron chi connectivity index (χ2n) is 5.57. The van der Waals surface area contributed by atoms with E-state index in [1.807, 2.05) is 25.1 Å². The number of anilines is 1. The van der Waals surface area contributed by atoms with Gasteiger partial charge < -0.3 is 4.90 Å². The average molecular weight is 305 g/mol. The van der Waals surface area contributed by atoms with Gasteiger partial charge in [0.15, 0.2) is 0 Å². The quantitative estimate of drug-likeness (QED) is 0.943. The number of nitrogens with one attached hydrogen (secondary N) is 1. The Morgan fingerprint density at radius 2 is 1.95 bits per heavy atom. The molecule has 0 bridgehead atoms. The Bertz CT molecular complexity index is 587. The van der Waals surface area contributed by atoms with Crippen LogP contribution >= 0.6 is 11.6 Å². The first-order valence-electron chi connectivity index (χ1n) is 7.45. The maximum absolute atomic E-state index is 6.27. The molecule has 5 heteroatoms. The minimum atomic E-state index is 0.845. The van der Waals surface area contributed by atoms with Crippen LogP contribution in [0, 0.1) is 6.92 Å². The van der Waals surface area contributed by atoms with Gasteiger partial charge in [0.05, 0.1) is 16.4 Å². The van der Waals surface area contributed by atoms with Crippen molar-refractivity contribution in [3.63, 3.8) is 0 Å². The molecule has 0 saturated carbocycles. The van der Waals surface area contributed by atoms with E-state index in [0.29, 0.717) is 0 Å². The van der Waals surface area contributed by atoms with Gasteiger partial charge in [-0.25, -0.2) is 0 Å². The summed E-state index contributed by atoms with van der Waals surface area (Å²) in [5.74, 6) is 0. The zero-order valence-electron chi connectivity index (χ0n) is 12.3. The van der Waals surface area contributed by atoms with Gasteiger partial charge in [-0.2, -0.15) is 5.10 Å². The van der Waals surface area contributed by atoms with Crippen molar-refractivity contribution in [1.82, 2.24) is 15.1 Å². The molecule has 0 aliphatic carbocycles. The maximum atomic E-state index is 6.27. The van der Waals surface area contributed by atoms with Crippen LogP contribution in [-0.4, -0.2) is 47.8 Å². The zero-order valence-corrected chi connectivity index (χ0v) is 13.1. The summed E-state index contributed by atoms with van der Waals surface area (Å²) in [7, 11) is 0. The molecule has 112 valence electrons. The summed E-state index contributed by atoms with van der Waals surface area (Å²) in [5, 5.41) is 8.14. The minimum absolute atomic E-state index is 0.845. The molecule has 3 rings (SSSR count). The fourth-order valence-electron chi connectivity index (χ4n) is 2.80. The van der Waals surface area contributed by atoms with Gasteiger partial charge >= 0.3 is 0 Å². The van der Waals surface area contributed by atoms with Crippen molar-refractivity contribution in [2.24, 2.45) is 0 Å². The van der Waals surface area contributed by atoms with Crippen molar-refractivity contribution in [2.45, 2.75) is 13.3 Å². The summed E-state index contributed by atoms with van der Waals surface area (Å²) >= 11 is 6.27. The Hall–Kier alpha value is -1.52. The fourth-order valence-corrected chi connectivity index (χ4v) is 3.05. The molecular weight excluding hydrogens is 284 g/mol. The topological polar surface area (TPSA) is 35.2 Å². The second kappa shape index (κ2) is 6.50. The number of benzene rings is 1. The average Bonchev–Trinajstić information content (AvgIpc) is 2.92. The van der Waals surface area contributed by atoms with Crippen LogP contribution in [0.1, 0.15) is 11.4 Å². The molecule has 0 unspecified atom stereocenters. The highest BCUT2D eigenvalue weighted by molar-refractivity contribution is 6.33. The molecular formula is C16H21ClN4. The van der Waals surface area contributed by atoms with E-state index >= 15 is 0 Å². The SMILES string of the molecule is Cc1cc(CCN2CCN(c3ccccc3Cl)CC2)n[nH]1. The molecule has 1 saturated heterocycles. The molecule has 0 radical (unpaired) electrons. The van der Waals surface area contributed by atoms with Crippen LogP contribution in [0.15, 0.2) is 30.3 Å². The van der Waals surface area contributed by atoms with Crippen LogP contribution < -0.4 is 4.90 Å². The van der Waals surface area contributed by atoms with Crippen LogP contribution in [0.2, 0.25) is 5.02 Å². The summed E-state index contributed by atoms with van der Waals surface area (Å²) in [6.45, 7) is 7.33. The largest absolute Gasteiger partial charge is 0.368 e. The number of aryl methyl sites for hydroxylation is 1. The number of rotatable bonds is 4. The van der Waals surface area contributed by atoms with E-state index in [2.05, 4.69) is 32.1 Å². The lowest BCUT2D eigenvalue weighted by atomic mass is 10.2. The summed E-state index contributed by atoms with van der Waals surface area (Å²) in [5.41, 5.74) is 3.44. The zero-order chi connectivity index (χ0) is 14.7. The van der Waals surface area contributed by atoms with Gasteiger partial charge in [-0.1, -0.05) is 23.7 Å². The molecule has 4 nitrogen and oxygen atoms in total. The first kappa shape index (κ1) is 14.4. The number of piperazine rings is 1. The minimum Gasteiger partial charge on any atom is -0.368 e. The van der Waals surface area contributed by atoms with Crippen molar-refractivity contribution >= 4 is 17.3 Å². The number of para-hydroxylation sites is 1. The van der Waals surface area contributed by atoms with E-state index < -0.39 is 0 Å². The van der Waals surface area contributed by atoms with E-state index in [9.17, 15) is 0 Å². The molecule has 1 fully saturated rings. The van der Waals surface area contributed by atoms with E-state index in [4.69, 9.17) is 11.6 Å². The lowest BCUT2D eigenvalue weighted by Gasteiger charge is -2.36. The molecule has 0 spiro atoms. The third-order valence-electron chi connectivity index (χ3n) is 4.01. The summed E-state index contributed by atoms with van der Waals surface area (Å²) in [6.07, 6.45) is 1.01. The smallest absolute Gasteiger partial charge is 0.0639 e. The molecule has 1 aliphatic rings. The van der Waals surface area contributed by atoms with Crippen molar-refractivity contribution in [3.05, 3.63) is 46.7 Å². The number of hydrogen-bond donors (Lipinski definition) is 1. The van der Waals surface area contributed by atoms with Crippen molar-refractivity contribution in [1.29, 1.82) is 0 Å². The maximum Gasteiger partial charge on any atom is 0.0639 e. The normalized spacial score (nSPS) is 16.4. The summed E-state index contributed by atoms with van der Waals surface area (Å²) in [6, 6.07) is 10.2. The molecule has 1 aromatic carbocycles. The fraction of sp³-hybridized carbons (Fsp3) is 0.438. The van der Waals surface area contributed by atoms with E-state index in [1.165, 1.54) is 0 Å². The number of H-pyrrole nitrogens is 1.